The van der Waals surface area contributed by atoms with Gasteiger partial charge in [0.15, 0.2) is 0 Å². The molecule has 1 unspecified atom stereocenters. The van der Waals surface area contributed by atoms with E-state index < -0.39 is 0 Å². The molecular formula is C16H22ClIN2. The quantitative estimate of drug-likeness (QED) is 0.335. The van der Waals surface area contributed by atoms with Gasteiger partial charge in [0, 0.05) is 21.9 Å². The topological polar surface area (TPSA) is 17.8 Å². The minimum Gasteiger partial charge on any atom is -0.325 e. The van der Waals surface area contributed by atoms with E-state index in [2.05, 4.69) is 59.2 Å². The molecule has 0 N–H and O–H groups in total. The molecule has 1 aromatic heterocycles. The summed E-state index contributed by atoms with van der Waals surface area (Å²) < 4.78 is 3.62. The highest BCUT2D eigenvalue weighted by Gasteiger charge is 2.15. The number of hydrogen-bond acceptors (Lipinski definition) is 1. The third kappa shape index (κ3) is 3.67. The fraction of sp³-hybridized carbons (Fsp3) is 0.562. The number of aromatic nitrogens is 2. The van der Waals surface area contributed by atoms with Gasteiger partial charge in [0.05, 0.1) is 11.0 Å². The maximum absolute atomic E-state index is 5.94. The van der Waals surface area contributed by atoms with E-state index in [9.17, 15) is 0 Å². The normalized spacial score (nSPS) is 13.0. The first-order chi connectivity index (χ1) is 9.67. The van der Waals surface area contributed by atoms with E-state index in [4.69, 9.17) is 16.6 Å². The number of fused-ring (bicyclic) bond motifs is 1. The Labute approximate surface area is 140 Å². The Balaban J connectivity index is 2.34. The standard InChI is InChI=1S/C16H22ClIN2/c1-3-4-5-6-12(2)20-15-8-7-13(18)11-14(15)19-16(20)9-10-17/h7-8,11-12H,3-6,9-10H2,1-2H3. The fourth-order valence-electron chi connectivity index (χ4n) is 2.69. The van der Waals surface area contributed by atoms with Gasteiger partial charge in [-0.2, -0.15) is 0 Å². The van der Waals surface area contributed by atoms with Crippen molar-refractivity contribution in [2.75, 3.05) is 5.88 Å². The van der Waals surface area contributed by atoms with Crippen molar-refractivity contribution in [1.29, 1.82) is 0 Å². The maximum atomic E-state index is 5.94. The summed E-state index contributed by atoms with van der Waals surface area (Å²) in [6, 6.07) is 7.00. The number of alkyl halides is 1. The van der Waals surface area contributed by atoms with E-state index in [0.717, 1.165) is 17.8 Å². The zero-order valence-corrected chi connectivity index (χ0v) is 15.1. The van der Waals surface area contributed by atoms with Crippen molar-refractivity contribution in [3.63, 3.8) is 0 Å². The van der Waals surface area contributed by atoms with Crippen LogP contribution in [0.5, 0.6) is 0 Å². The maximum Gasteiger partial charge on any atom is 0.111 e. The lowest BCUT2D eigenvalue weighted by Crippen LogP contribution is -2.10. The zero-order valence-electron chi connectivity index (χ0n) is 12.2. The molecule has 2 nitrogen and oxygen atoms in total. The molecule has 20 heavy (non-hydrogen) atoms. The summed E-state index contributed by atoms with van der Waals surface area (Å²) >= 11 is 8.28. The number of benzene rings is 1. The molecule has 0 aliphatic rings. The minimum atomic E-state index is 0.491. The summed E-state index contributed by atoms with van der Waals surface area (Å²) in [6.45, 7) is 4.55. The highest BCUT2D eigenvalue weighted by atomic mass is 127. The first-order valence-corrected chi connectivity index (χ1v) is 9.01. The summed E-state index contributed by atoms with van der Waals surface area (Å²) in [7, 11) is 0. The molecule has 0 aliphatic carbocycles. The molecule has 0 saturated carbocycles. The average molecular weight is 405 g/mol. The van der Waals surface area contributed by atoms with E-state index in [-0.39, 0.29) is 0 Å². The molecule has 0 spiro atoms. The highest BCUT2D eigenvalue weighted by molar-refractivity contribution is 14.1. The Hall–Kier alpha value is -0.290. The molecule has 0 radical (unpaired) electrons. The van der Waals surface area contributed by atoms with E-state index in [1.165, 1.54) is 34.8 Å². The summed E-state index contributed by atoms with van der Waals surface area (Å²) in [6.07, 6.45) is 5.90. The molecule has 1 heterocycles. The Morgan fingerprint density at radius 1 is 1.35 bits per heavy atom. The van der Waals surface area contributed by atoms with Crippen LogP contribution in [0, 0.1) is 3.57 Å². The Morgan fingerprint density at radius 2 is 2.15 bits per heavy atom. The van der Waals surface area contributed by atoms with Crippen molar-refractivity contribution in [2.24, 2.45) is 0 Å². The molecule has 1 aromatic carbocycles. The monoisotopic (exact) mass is 404 g/mol. The van der Waals surface area contributed by atoms with Crippen molar-refractivity contribution in [1.82, 2.24) is 9.55 Å². The van der Waals surface area contributed by atoms with Crippen LogP contribution in [0.25, 0.3) is 11.0 Å². The Kier molecular flexibility index (Phi) is 6.15. The van der Waals surface area contributed by atoms with Gasteiger partial charge in [-0.25, -0.2) is 4.98 Å². The molecule has 2 aromatic rings. The van der Waals surface area contributed by atoms with Gasteiger partial charge < -0.3 is 4.57 Å². The van der Waals surface area contributed by atoms with Crippen molar-refractivity contribution >= 4 is 45.2 Å². The van der Waals surface area contributed by atoms with Crippen LogP contribution in [-0.4, -0.2) is 15.4 Å². The van der Waals surface area contributed by atoms with Crippen LogP contribution < -0.4 is 0 Å². The molecular weight excluding hydrogens is 383 g/mol. The Morgan fingerprint density at radius 3 is 2.85 bits per heavy atom. The molecule has 0 fully saturated rings. The number of hydrogen-bond donors (Lipinski definition) is 0. The van der Waals surface area contributed by atoms with Crippen LogP contribution in [-0.2, 0) is 6.42 Å². The van der Waals surface area contributed by atoms with Crippen molar-refractivity contribution < 1.29 is 0 Å². The van der Waals surface area contributed by atoms with Crippen LogP contribution in [0.1, 0.15) is 51.4 Å². The second-order valence-electron chi connectivity index (χ2n) is 5.31. The second kappa shape index (κ2) is 7.64. The Bertz CT molecular complexity index is 565. The fourth-order valence-corrected chi connectivity index (χ4v) is 3.34. The molecule has 2 rings (SSSR count). The lowest BCUT2D eigenvalue weighted by molar-refractivity contribution is 0.474. The predicted octanol–water partition coefficient (Wildman–Crippen LogP) is 5.56. The van der Waals surface area contributed by atoms with E-state index in [0.29, 0.717) is 11.9 Å². The number of unbranched alkanes of at least 4 members (excludes halogenated alkanes) is 2. The summed E-state index contributed by atoms with van der Waals surface area (Å²) in [4.78, 5) is 4.79. The molecule has 110 valence electrons. The van der Waals surface area contributed by atoms with Gasteiger partial charge in [0.1, 0.15) is 5.82 Å². The van der Waals surface area contributed by atoms with Gasteiger partial charge >= 0.3 is 0 Å². The predicted molar refractivity (Wildman–Crippen MR) is 95.7 cm³/mol. The van der Waals surface area contributed by atoms with E-state index in [1.807, 2.05) is 0 Å². The van der Waals surface area contributed by atoms with Crippen LogP contribution >= 0.6 is 34.2 Å². The highest BCUT2D eigenvalue weighted by Crippen LogP contribution is 2.26. The summed E-state index contributed by atoms with van der Waals surface area (Å²) in [5.74, 6) is 1.75. The van der Waals surface area contributed by atoms with Gasteiger partial charge in [-0.05, 0) is 54.1 Å². The van der Waals surface area contributed by atoms with Gasteiger partial charge in [0.25, 0.3) is 0 Å². The third-order valence-corrected chi connectivity index (χ3v) is 4.57. The minimum absolute atomic E-state index is 0.491. The van der Waals surface area contributed by atoms with Crippen molar-refractivity contribution in [3.05, 3.63) is 27.6 Å². The second-order valence-corrected chi connectivity index (χ2v) is 6.94. The van der Waals surface area contributed by atoms with E-state index >= 15 is 0 Å². The van der Waals surface area contributed by atoms with Gasteiger partial charge in [-0.3, -0.25) is 0 Å². The third-order valence-electron chi connectivity index (χ3n) is 3.71. The smallest absolute Gasteiger partial charge is 0.111 e. The molecule has 0 saturated heterocycles. The zero-order chi connectivity index (χ0) is 14.5. The van der Waals surface area contributed by atoms with Gasteiger partial charge in [-0.1, -0.05) is 26.2 Å². The number of imidazole rings is 1. The van der Waals surface area contributed by atoms with Gasteiger partial charge in [-0.15, -0.1) is 11.6 Å². The number of rotatable bonds is 7. The molecule has 1 atom stereocenters. The van der Waals surface area contributed by atoms with Crippen LogP contribution in [0.2, 0.25) is 0 Å². The molecule has 4 heteroatoms. The number of halogens is 2. The van der Waals surface area contributed by atoms with Crippen LogP contribution in [0.3, 0.4) is 0 Å². The first-order valence-electron chi connectivity index (χ1n) is 7.39. The summed E-state index contributed by atoms with van der Waals surface area (Å²) in [5, 5.41) is 0. The first kappa shape index (κ1) is 16.1. The SMILES string of the molecule is CCCCCC(C)n1c(CCCl)nc2cc(I)ccc21. The number of nitrogens with zero attached hydrogens (tertiary/aromatic N) is 2. The van der Waals surface area contributed by atoms with E-state index in [1.54, 1.807) is 0 Å². The number of aryl methyl sites for hydroxylation is 1. The largest absolute Gasteiger partial charge is 0.325 e. The average Bonchev–Trinajstić information content (AvgIpc) is 2.76. The van der Waals surface area contributed by atoms with Crippen LogP contribution in [0.15, 0.2) is 18.2 Å². The van der Waals surface area contributed by atoms with Gasteiger partial charge in [0.2, 0.25) is 0 Å². The molecule has 0 bridgehead atoms. The van der Waals surface area contributed by atoms with Crippen molar-refractivity contribution in [2.45, 2.75) is 52.0 Å². The van der Waals surface area contributed by atoms with Crippen LogP contribution in [0.4, 0.5) is 0 Å². The molecule has 0 aliphatic heterocycles. The lowest BCUT2D eigenvalue weighted by Gasteiger charge is -2.17. The summed E-state index contributed by atoms with van der Waals surface area (Å²) in [5.41, 5.74) is 2.34. The lowest BCUT2D eigenvalue weighted by atomic mass is 10.1. The van der Waals surface area contributed by atoms with Crippen molar-refractivity contribution in [3.8, 4) is 0 Å². The molecule has 0 amide bonds.